The standard InChI is InChI=1S/C13H10F5NO3/c1-2-21-11(20)5-7-4-10(22-13(16,17)18)8(6-19)3-9(7)12(14)15/h3-4,12H,2,5H2,1H3. The molecular weight excluding hydrogens is 313 g/mol. The number of hydrogen-bond donors (Lipinski definition) is 0. The van der Waals surface area contributed by atoms with Crippen LogP contribution >= 0.6 is 0 Å². The van der Waals surface area contributed by atoms with E-state index in [-0.39, 0.29) is 6.61 Å². The van der Waals surface area contributed by atoms with Crippen molar-refractivity contribution >= 4 is 5.97 Å². The van der Waals surface area contributed by atoms with Crippen LogP contribution in [0.15, 0.2) is 12.1 Å². The molecule has 1 rings (SSSR count). The average molecular weight is 323 g/mol. The van der Waals surface area contributed by atoms with Gasteiger partial charge in [0.2, 0.25) is 0 Å². The van der Waals surface area contributed by atoms with E-state index >= 15 is 0 Å². The van der Waals surface area contributed by atoms with Gasteiger partial charge in [-0.3, -0.25) is 4.79 Å². The number of esters is 1. The monoisotopic (exact) mass is 323 g/mol. The Bertz CT molecular complexity index is 593. The number of hydrogen-bond acceptors (Lipinski definition) is 4. The summed E-state index contributed by atoms with van der Waals surface area (Å²) in [6, 6.07) is 2.52. The molecule has 0 heterocycles. The SMILES string of the molecule is CCOC(=O)Cc1cc(OC(F)(F)F)c(C#N)cc1C(F)F. The summed E-state index contributed by atoms with van der Waals surface area (Å²) in [6.07, 6.45) is -8.83. The minimum atomic E-state index is -5.10. The fourth-order valence-corrected chi connectivity index (χ4v) is 1.66. The third kappa shape index (κ3) is 4.87. The van der Waals surface area contributed by atoms with E-state index in [1.165, 1.54) is 13.0 Å². The number of halogens is 5. The minimum absolute atomic E-state index is 0.00890. The zero-order chi connectivity index (χ0) is 16.9. The Morgan fingerprint density at radius 3 is 2.45 bits per heavy atom. The molecule has 0 spiro atoms. The maximum Gasteiger partial charge on any atom is 0.573 e. The van der Waals surface area contributed by atoms with Crippen LogP contribution in [0.4, 0.5) is 22.0 Å². The molecule has 1 aromatic rings. The number of alkyl halides is 5. The summed E-state index contributed by atoms with van der Waals surface area (Å²) in [5.74, 6) is -1.83. The largest absolute Gasteiger partial charge is 0.573 e. The fourth-order valence-electron chi connectivity index (χ4n) is 1.66. The van der Waals surface area contributed by atoms with E-state index in [1.807, 2.05) is 0 Å². The highest BCUT2D eigenvalue weighted by molar-refractivity contribution is 5.73. The molecule has 1 aromatic carbocycles. The van der Waals surface area contributed by atoms with Crippen molar-refractivity contribution < 1.29 is 36.2 Å². The molecule has 9 heteroatoms. The number of carbonyl (C=O) groups is 1. The topological polar surface area (TPSA) is 59.3 Å². The summed E-state index contributed by atoms with van der Waals surface area (Å²) in [7, 11) is 0. The summed E-state index contributed by atoms with van der Waals surface area (Å²) < 4.78 is 70.8. The summed E-state index contributed by atoms with van der Waals surface area (Å²) in [5.41, 5.74) is -1.83. The van der Waals surface area contributed by atoms with E-state index < -0.39 is 47.6 Å². The fraction of sp³-hybridized carbons (Fsp3) is 0.385. The van der Waals surface area contributed by atoms with Crippen LogP contribution in [0, 0.1) is 11.3 Å². The van der Waals surface area contributed by atoms with Crippen molar-refractivity contribution in [2.75, 3.05) is 6.61 Å². The predicted molar refractivity (Wildman–Crippen MR) is 63.1 cm³/mol. The minimum Gasteiger partial charge on any atom is -0.466 e. The Labute approximate surface area is 122 Å². The van der Waals surface area contributed by atoms with E-state index in [0.717, 1.165) is 0 Å². The molecule has 0 N–H and O–H groups in total. The van der Waals surface area contributed by atoms with Crippen molar-refractivity contribution in [3.8, 4) is 11.8 Å². The quantitative estimate of drug-likeness (QED) is 0.615. The van der Waals surface area contributed by atoms with E-state index in [2.05, 4.69) is 9.47 Å². The van der Waals surface area contributed by atoms with Gasteiger partial charge in [0.1, 0.15) is 11.8 Å². The molecule has 120 valence electrons. The normalized spacial score (nSPS) is 11.2. The third-order valence-electron chi connectivity index (χ3n) is 2.46. The Morgan fingerprint density at radius 1 is 1.36 bits per heavy atom. The molecule has 0 aliphatic carbocycles. The van der Waals surface area contributed by atoms with Crippen LogP contribution in [0.3, 0.4) is 0 Å². The molecular formula is C13H10F5NO3. The molecule has 0 atom stereocenters. The van der Waals surface area contributed by atoms with Crippen LogP contribution in [0.1, 0.15) is 30.0 Å². The number of nitriles is 1. The molecule has 0 aliphatic heterocycles. The van der Waals surface area contributed by atoms with E-state index in [1.54, 1.807) is 0 Å². The van der Waals surface area contributed by atoms with Gasteiger partial charge < -0.3 is 9.47 Å². The Hall–Kier alpha value is -2.37. The van der Waals surface area contributed by atoms with Gasteiger partial charge in [0.15, 0.2) is 0 Å². The highest BCUT2D eigenvalue weighted by Gasteiger charge is 2.33. The first-order chi connectivity index (χ1) is 10.2. The van der Waals surface area contributed by atoms with Gasteiger partial charge in [0.05, 0.1) is 18.6 Å². The molecule has 0 bridgehead atoms. The molecule has 0 aliphatic rings. The molecule has 0 radical (unpaired) electrons. The van der Waals surface area contributed by atoms with Crippen molar-refractivity contribution in [1.29, 1.82) is 5.26 Å². The second-order valence-corrected chi connectivity index (χ2v) is 3.99. The van der Waals surface area contributed by atoms with Crippen molar-refractivity contribution in [2.24, 2.45) is 0 Å². The smallest absolute Gasteiger partial charge is 0.466 e. The first-order valence-corrected chi connectivity index (χ1v) is 5.94. The van der Waals surface area contributed by atoms with Gasteiger partial charge in [-0.15, -0.1) is 13.2 Å². The van der Waals surface area contributed by atoms with E-state index in [0.29, 0.717) is 12.1 Å². The van der Waals surface area contributed by atoms with Gasteiger partial charge in [-0.05, 0) is 24.6 Å². The van der Waals surface area contributed by atoms with Crippen LogP contribution in [-0.4, -0.2) is 18.9 Å². The Kier molecular flexibility index (Phi) is 5.68. The number of ether oxygens (including phenoxy) is 2. The predicted octanol–water partition coefficient (Wildman–Crippen LogP) is 3.50. The lowest BCUT2D eigenvalue weighted by molar-refractivity contribution is -0.274. The molecule has 0 fully saturated rings. The van der Waals surface area contributed by atoms with Gasteiger partial charge in [-0.2, -0.15) is 5.26 Å². The maximum atomic E-state index is 12.9. The maximum absolute atomic E-state index is 12.9. The van der Waals surface area contributed by atoms with Crippen molar-refractivity contribution in [1.82, 2.24) is 0 Å². The van der Waals surface area contributed by atoms with Gasteiger partial charge in [0, 0.05) is 5.56 Å². The van der Waals surface area contributed by atoms with Gasteiger partial charge >= 0.3 is 12.3 Å². The number of benzene rings is 1. The number of carbonyl (C=O) groups excluding carboxylic acids is 1. The van der Waals surface area contributed by atoms with E-state index in [9.17, 15) is 26.7 Å². The van der Waals surface area contributed by atoms with Crippen LogP contribution < -0.4 is 4.74 Å². The lowest BCUT2D eigenvalue weighted by Gasteiger charge is -2.14. The lowest BCUT2D eigenvalue weighted by Crippen LogP contribution is -2.18. The second-order valence-electron chi connectivity index (χ2n) is 3.99. The van der Waals surface area contributed by atoms with Gasteiger partial charge in [0.25, 0.3) is 6.43 Å². The molecule has 0 amide bonds. The number of nitrogens with zero attached hydrogens (tertiary/aromatic N) is 1. The summed E-state index contributed by atoms with van der Waals surface area (Å²) in [4.78, 5) is 11.3. The molecule has 0 unspecified atom stereocenters. The highest BCUT2D eigenvalue weighted by Crippen LogP contribution is 2.33. The third-order valence-corrected chi connectivity index (χ3v) is 2.46. The van der Waals surface area contributed by atoms with Crippen LogP contribution in [0.25, 0.3) is 0 Å². The lowest BCUT2D eigenvalue weighted by atomic mass is 10.0. The van der Waals surface area contributed by atoms with E-state index in [4.69, 9.17) is 5.26 Å². The van der Waals surface area contributed by atoms with Gasteiger partial charge in [-0.1, -0.05) is 0 Å². The summed E-state index contributed by atoms with van der Waals surface area (Å²) in [6.45, 7) is 1.48. The second kappa shape index (κ2) is 7.06. The van der Waals surface area contributed by atoms with Crippen LogP contribution in [-0.2, 0) is 16.0 Å². The Balaban J connectivity index is 3.30. The molecule has 0 saturated carbocycles. The van der Waals surface area contributed by atoms with Crippen molar-refractivity contribution in [2.45, 2.75) is 26.1 Å². The Morgan fingerprint density at radius 2 is 2.00 bits per heavy atom. The molecule has 0 aromatic heterocycles. The molecule has 22 heavy (non-hydrogen) atoms. The molecule has 0 saturated heterocycles. The first-order valence-electron chi connectivity index (χ1n) is 5.94. The van der Waals surface area contributed by atoms with Gasteiger partial charge in [-0.25, -0.2) is 8.78 Å². The van der Waals surface area contributed by atoms with Crippen LogP contribution in [0.2, 0.25) is 0 Å². The molecule has 4 nitrogen and oxygen atoms in total. The first kappa shape index (κ1) is 17.7. The van der Waals surface area contributed by atoms with Crippen LogP contribution in [0.5, 0.6) is 5.75 Å². The summed E-state index contributed by atoms with van der Waals surface area (Å²) >= 11 is 0. The zero-order valence-electron chi connectivity index (χ0n) is 11.2. The highest BCUT2D eigenvalue weighted by atomic mass is 19.4. The van der Waals surface area contributed by atoms with Crippen molar-refractivity contribution in [3.05, 3.63) is 28.8 Å². The number of rotatable bonds is 5. The summed E-state index contributed by atoms with van der Waals surface area (Å²) in [5, 5.41) is 8.74. The van der Waals surface area contributed by atoms with Crippen molar-refractivity contribution in [3.63, 3.8) is 0 Å². The zero-order valence-corrected chi connectivity index (χ0v) is 11.2. The average Bonchev–Trinajstić information content (AvgIpc) is 2.36.